The molecule has 0 saturated heterocycles. The summed E-state index contributed by atoms with van der Waals surface area (Å²) in [7, 11) is -3.84. The Labute approximate surface area is 296 Å². The molecule has 4 bridgehead atoms. The number of amides is 2. The Morgan fingerprint density at radius 3 is 2.00 bits per heavy atom. The van der Waals surface area contributed by atoms with E-state index in [-0.39, 0.29) is 23.9 Å². The minimum absolute atomic E-state index is 0.0678. The molecule has 0 unspecified atom stereocenters. The Kier molecular flexibility index (Phi) is 9.82. The Balaban J connectivity index is 1.18. The van der Waals surface area contributed by atoms with Gasteiger partial charge in [-0.15, -0.1) is 0 Å². The van der Waals surface area contributed by atoms with Crippen LogP contribution in [0.3, 0.4) is 0 Å². The molecule has 8 rings (SSSR count). The molecule has 49 heavy (non-hydrogen) atoms. The lowest BCUT2D eigenvalue weighted by atomic mass is 9.48. The number of nitrogens with one attached hydrogen (secondary N) is 1. The number of halogens is 1. The van der Waals surface area contributed by atoms with E-state index in [4.69, 9.17) is 11.6 Å². The molecule has 0 heterocycles. The number of hydrogen-bond donors (Lipinski definition) is 1. The molecule has 5 fully saturated rings. The summed E-state index contributed by atoms with van der Waals surface area (Å²) in [6.45, 7) is -0.278. The lowest BCUT2D eigenvalue weighted by Crippen LogP contribution is -2.54. The number of anilines is 1. The molecule has 0 aromatic heterocycles. The summed E-state index contributed by atoms with van der Waals surface area (Å²) in [5.41, 5.74) is 3.67. The topological polar surface area (TPSA) is 86.8 Å². The van der Waals surface area contributed by atoms with E-state index in [2.05, 4.69) is 17.4 Å². The van der Waals surface area contributed by atoms with E-state index in [0.717, 1.165) is 60.8 Å². The Hall–Kier alpha value is -3.36. The van der Waals surface area contributed by atoms with Gasteiger partial charge in [-0.25, -0.2) is 8.42 Å². The fraction of sp³-hybridized carbons (Fsp3) is 0.500. The maximum Gasteiger partial charge on any atom is 0.244 e. The highest BCUT2D eigenvalue weighted by atomic mass is 35.5. The second kappa shape index (κ2) is 14.1. The molecule has 0 spiro atoms. The van der Waals surface area contributed by atoms with E-state index in [9.17, 15) is 18.0 Å². The van der Waals surface area contributed by atoms with Crippen LogP contribution in [0.25, 0.3) is 0 Å². The van der Waals surface area contributed by atoms with Gasteiger partial charge in [0.15, 0.2) is 0 Å². The first-order valence-electron chi connectivity index (χ1n) is 18.0. The van der Waals surface area contributed by atoms with Crippen molar-refractivity contribution < 1.29 is 18.0 Å². The van der Waals surface area contributed by atoms with Gasteiger partial charge >= 0.3 is 0 Å². The summed E-state index contributed by atoms with van der Waals surface area (Å²) < 4.78 is 28.0. The monoisotopic (exact) mass is 701 g/mol. The molecule has 3 aromatic rings. The van der Waals surface area contributed by atoms with Gasteiger partial charge in [-0.05, 0) is 115 Å². The molecule has 9 heteroatoms. The number of carbonyl (C=O) groups is 2. The standard InChI is InChI=1S/C40H48ClN3O4S/c1-49(47,48)44(36-17-13-33(14-18-36)40-23-30-19-31(24-40)21-32(20-30)25-40)27-38(45)43(26-29-11-15-34(41)16-12-29)37(22-28-7-3-2-4-8-28)39(46)42-35-9-5-6-10-35/h2-4,7-8,11-18,30-32,35,37H,5-6,9-10,19-27H2,1H3,(H,42,46)/t30?,31?,32?,37-,40?/m0/s1. The van der Waals surface area contributed by atoms with Gasteiger partial charge in [0.1, 0.15) is 12.6 Å². The van der Waals surface area contributed by atoms with E-state index in [1.807, 2.05) is 54.6 Å². The summed E-state index contributed by atoms with van der Waals surface area (Å²) in [6.07, 6.45) is 13.1. The molecular formula is C40H48ClN3O4S. The Morgan fingerprint density at radius 2 is 1.43 bits per heavy atom. The highest BCUT2D eigenvalue weighted by Crippen LogP contribution is 2.60. The zero-order valence-electron chi connectivity index (χ0n) is 28.4. The number of rotatable bonds is 12. The van der Waals surface area contributed by atoms with Crippen molar-refractivity contribution in [2.24, 2.45) is 17.8 Å². The fourth-order valence-corrected chi connectivity index (χ4v) is 10.7. The minimum Gasteiger partial charge on any atom is -0.352 e. The maximum absolute atomic E-state index is 14.5. The van der Waals surface area contributed by atoms with Crippen LogP contribution in [-0.4, -0.2) is 50.0 Å². The number of hydrogen-bond acceptors (Lipinski definition) is 4. The van der Waals surface area contributed by atoms with Crippen LogP contribution >= 0.6 is 11.6 Å². The van der Waals surface area contributed by atoms with Gasteiger partial charge in [-0.2, -0.15) is 0 Å². The molecule has 2 amide bonds. The normalized spacial score (nSPS) is 25.2. The van der Waals surface area contributed by atoms with Gasteiger partial charge in [0.25, 0.3) is 0 Å². The lowest BCUT2D eigenvalue weighted by Gasteiger charge is -2.57. The van der Waals surface area contributed by atoms with Crippen LogP contribution in [0.1, 0.15) is 80.9 Å². The zero-order valence-corrected chi connectivity index (χ0v) is 30.0. The van der Waals surface area contributed by atoms with Crippen molar-refractivity contribution in [1.29, 1.82) is 0 Å². The Bertz CT molecular complexity index is 1700. The van der Waals surface area contributed by atoms with Crippen LogP contribution in [0.15, 0.2) is 78.9 Å². The van der Waals surface area contributed by atoms with Gasteiger partial charge in [0.05, 0.1) is 11.9 Å². The van der Waals surface area contributed by atoms with Crippen molar-refractivity contribution in [2.45, 2.75) is 94.7 Å². The van der Waals surface area contributed by atoms with Gasteiger partial charge in [0, 0.05) is 24.0 Å². The van der Waals surface area contributed by atoms with Crippen molar-refractivity contribution in [3.05, 3.63) is 101 Å². The van der Waals surface area contributed by atoms with E-state index in [0.29, 0.717) is 17.1 Å². The van der Waals surface area contributed by atoms with Gasteiger partial charge in [0.2, 0.25) is 21.8 Å². The quantitative estimate of drug-likeness (QED) is 0.215. The SMILES string of the molecule is CS(=O)(=O)N(CC(=O)N(Cc1ccc(Cl)cc1)[C@@H](Cc1ccccc1)C(=O)NC1CCCC1)c1ccc(C23CC4CC(CC(C4)C2)C3)cc1. The highest BCUT2D eigenvalue weighted by Gasteiger charge is 2.51. The summed E-state index contributed by atoms with van der Waals surface area (Å²) in [5.74, 6) is 1.75. The summed E-state index contributed by atoms with van der Waals surface area (Å²) >= 11 is 6.19. The largest absolute Gasteiger partial charge is 0.352 e. The van der Waals surface area contributed by atoms with Gasteiger partial charge in [-0.1, -0.05) is 79.0 Å². The number of nitrogens with zero attached hydrogens (tertiary/aromatic N) is 2. The number of sulfonamides is 1. The zero-order chi connectivity index (χ0) is 34.2. The van der Waals surface area contributed by atoms with Gasteiger partial charge < -0.3 is 10.2 Å². The minimum atomic E-state index is -3.84. The van der Waals surface area contributed by atoms with Crippen LogP contribution in [-0.2, 0) is 38.0 Å². The molecule has 5 saturated carbocycles. The summed E-state index contributed by atoms with van der Waals surface area (Å²) in [4.78, 5) is 30.2. The molecule has 5 aliphatic rings. The molecule has 0 aliphatic heterocycles. The summed E-state index contributed by atoms with van der Waals surface area (Å²) in [6, 6.07) is 24.1. The van der Waals surface area contributed by atoms with E-state index in [1.54, 1.807) is 17.0 Å². The van der Waals surface area contributed by atoms with Crippen LogP contribution in [0.2, 0.25) is 5.02 Å². The number of carbonyl (C=O) groups excluding carboxylic acids is 2. The predicted molar refractivity (Wildman–Crippen MR) is 195 cm³/mol. The molecule has 5 aliphatic carbocycles. The molecule has 260 valence electrons. The third kappa shape index (κ3) is 7.70. The molecule has 7 nitrogen and oxygen atoms in total. The smallest absolute Gasteiger partial charge is 0.244 e. The average Bonchev–Trinajstić information content (AvgIpc) is 3.58. The van der Waals surface area contributed by atoms with E-state index >= 15 is 0 Å². The number of benzene rings is 3. The predicted octanol–water partition coefficient (Wildman–Crippen LogP) is 7.27. The van der Waals surface area contributed by atoms with Crippen molar-refractivity contribution in [1.82, 2.24) is 10.2 Å². The molecule has 0 radical (unpaired) electrons. The first kappa shape index (κ1) is 34.1. The van der Waals surface area contributed by atoms with Crippen LogP contribution in [0.4, 0.5) is 5.69 Å². The van der Waals surface area contributed by atoms with Crippen molar-refractivity contribution in [3.63, 3.8) is 0 Å². The second-order valence-corrected chi connectivity index (χ2v) is 17.7. The second-order valence-electron chi connectivity index (χ2n) is 15.4. The third-order valence-corrected chi connectivity index (χ3v) is 13.1. The van der Waals surface area contributed by atoms with Crippen molar-refractivity contribution in [2.75, 3.05) is 17.1 Å². The molecule has 1 N–H and O–H groups in total. The maximum atomic E-state index is 14.5. The first-order valence-corrected chi connectivity index (χ1v) is 20.2. The van der Waals surface area contributed by atoms with Crippen LogP contribution in [0, 0.1) is 17.8 Å². The van der Waals surface area contributed by atoms with Crippen LogP contribution < -0.4 is 9.62 Å². The molecule has 1 atom stereocenters. The summed E-state index contributed by atoms with van der Waals surface area (Å²) in [5, 5.41) is 3.79. The highest BCUT2D eigenvalue weighted by molar-refractivity contribution is 7.92. The first-order chi connectivity index (χ1) is 23.5. The lowest BCUT2D eigenvalue weighted by molar-refractivity contribution is -0.140. The van der Waals surface area contributed by atoms with E-state index in [1.165, 1.54) is 48.4 Å². The molecule has 3 aromatic carbocycles. The third-order valence-electron chi connectivity index (χ3n) is 11.7. The van der Waals surface area contributed by atoms with Crippen molar-refractivity contribution >= 4 is 39.1 Å². The van der Waals surface area contributed by atoms with Crippen molar-refractivity contribution in [3.8, 4) is 0 Å². The van der Waals surface area contributed by atoms with Crippen LogP contribution in [0.5, 0.6) is 0 Å². The average molecular weight is 702 g/mol. The van der Waals surface area contributed by atoms with E-state index < -0.39 is 28.5 Å². The Morgan fingerprint density at radius 1 is 0.837 bits per heavy atom. The fourth-order valence-electron chi connectivity index (χ4n) is 9.77. The van der Waals surface area contributed by atoms with Gasteiger partial charge in [-0.3, -0.25) is 13.9 Å². The molecular weight excluding hydrogens is 654 g/mol.